The standard InChI is InChI=1S/C13H14Cl2N2O4/c1-20-12(18)11-7-21-5-4-17(11)13(19)16-8-2-3-9(14)10(15)6-8/h2-3,6,11H,4-5,7H2,1H3,(H,16,19). The zero-order valence-corrected chi connectivity index (χ0v) is 12.8. The van der Waals surface area contributed by atoms with Gasteiger partial charge in [-0.2, -0.15) is 0 Å². The molecule has 0 bridgehead atoms. The second-order valence-electron chi connectivity index (χ2n) is 4.37. The van der Waals surface area contributed by atoms with E-state index in [-0.39, 0.29) is 6.61 Å². The van der Waals surface area contributed by atoms with Crippen molar-refractivity contribution in [3.8, 4) is 0 Å². The van der Waals surface area contributed by atoms with Gasteiger partial charge in [-0.05, 0) is 18.2 Å². The highest BCUT2D eigenvalue weighted by atomic mass is 35.5. The molecule has 1 aromatic rings. The minimum absolute atomic E-state index is 0.113. The minimum atomic E-state index is -0.758. The molecule has 2 amide bonds. The van der Waals surface area contributed by atoms with Gasteiger partial charge in [-0.1, -0.05) is 23.2 Å². The van der Waals surface area contributed by atoms with Crippen LogP contribution < -0.4 is 5.32 Å². The number of anilines is 1. The molecule has 8 heteroatoms. The van der Waals surface area contributed by atoms with Crippen LogP contribution in [0.3, 0.4) is 0 Å². The lowest BCUT2D eigenvalue weighted by molar-refractivity contribution is -0.150. The number of nitrogens with zero attached hydrogens (tertiary/aromatic N) is 1. The van der Waals surface area contributed by atoms with Gasteiger partial charge in [0.2, 0.25) is 0 Å². The number of hydrogen-bond acceptors (Lipinski definition) is 4. The predicted molar refractivity (Wildman–Crippen MR) is 78.8 cm³/mol. The third kappa shape index (κ3) is 3.78. The molecule has 1 aromatic carbocycles. The second-order valence-corrected chi connectivity index (χ2v) is 5.18. The van der Waals surface area contributed by atoms with Gasteiger partial charge in [0, 0.05) is 12.2 Å². The van der Waals surface area contributed by atoms with Gasteiger partial charge in [0.25, 0.3) is 0 Å². The third-order valence-corrected chi connectivity index (χ3v) is 3.77. The molecule has 6 nitrogen and oxygen atoms in total. The van der Waals surface area contributed by atoms with E-state index < -0.39 is 18.0 Å². The monoisotopic (exact) mass is 332 g/mol. The van der Waals surface area contributed by atoms with Gasteiger partial charge in [-0.25, -0.2) is 9.59 Å². The van der Waals surface area contributed by atoms with E-state index in [1.807, 2.05) is 0 Å². The summed E-state index contributed by atoms with van der Waals surface area (Å²) in [5.41, 5.74) is 0.490. The number of methoxy groups -OCH3 is 1. The number of morpholine rings is 1. The smallest absolute Gasteiger partial charge is 0.331 e. The average Bonchev–Trinajstić information content (AvgIpc) is 2.50. The Bertz CT molecular complexity index is 553. The number of rotatable bonds is 2. The van der Waals surface area contributed by atoms with Crippen molar-refractivity contribution in [2.75, 3.05) is 32.2 Å². The van der Waals surface area contributed by atoms with Crippen LogP contribution in [0, 0.1) is 0 Å². The molecule has 1 unspecified atom stereocenters. The minimum Gasteiger partial charge on any atom is -0.467 e. The molecular formula is C13H14Cl2N2O4. The van der Waals surface area contributed by atoms with E-state index >= 15 is 0 Å². The Kier molecular flexibility index (Phi) is 5.27. The van der Waals surface area contributed by atoms with Crippen molar-refractivity contribution in [3.05, 3.63) is 28.2 Å². The fourth-order valence-corrected chi connectivity index (χ4v) is 2.25. The van der Waals surface area contributed by atoms with Crippen molar-refractivity contribution in [2.45, 2.75) is 6.04 Å². The van der Waals surface area contributed by atoms with Crippen LogP contribution in [-0.2, 0) is 14.3 Å². The van der Waals surface area contributed by atoms with Crippen LogP contribution in [0.4, 0.5) is 10.5 Å². The van der Waals surface area contributed by atoms with E-state index in [9.17, 15) is 9.59 Å². The molecule has 0 aromatic heterocycles. The van der Waals surface area contributed by atoms with Crippen molar-refractivity contribution in [2.24, 2.45) is 0 Å². The fourth-order valence-electron chi connectivity index (χ4n) is 1.95. The summed E-state index contributed by atoms with van der Waals surface area (Å²) in [4.78, 5) is 25.3. The average molecular weight is 333 g/mol. The maximum atomic E-state index is 12.3. The highest BCUT2D eigenvalue weighted by Gasteiger charge is 2.33. The number of urea groups is 1. The highest BCUT2D eigenvalue weighted by Crippen LogP contribution is 2.25. The van der Waals surface area contributed by atoms with Crippen LogP contribution in [0.5, 0.6) is 0 Å². The number of carbonyl (C=O) groups excluding carboxylic acids is 2. The molecule has 114 valence electrons. The van der Waals surface area contributed by atoms with E-state index in [2.05, 4.69) is 10.1 Å². The molecule has 21 heavy (non-hydrogen) atoms. The summed E-state index contributed by atoms with van der Waals surface area (Å²) in [5, 5.41) is 3.40. The third-order valence-electron chi connectivity index (χ3n) is 3.03. The SMILES string of the molecule is COC(=O)C1COCCN1C(=O)Nc1ccc(Cl)c(Cl)c1. The number of ether oxygens (including phenoxy) is 2. The summed E-state index contributed by atoms with van der Waals surface area (Å²) in [5.74, 6) is -0.515. The normalized spacial score (nSPS) is 18.2. The molecule has 0 radical (unpaired) electrons. The van der Waals surface area contributed by atoms with Crippen molar-refractivity contribution in [1.29, 1.82) is 0 Å². The Morgan fingerprint density at radius 1 is 1.38 bits per heavy atom. The molecule has 0 saturated carbocycles. The quantitative estimate of drug-likeness (QED) is 0.844. The number of esters is 1. The second kappa shape index (κ2) is 6.98. The molecular weight excluding hydrogens is 319 g/mol. The van der Waals surface area contributed by atoms with Crippen LogP contribution in [-0.4, -0.2) is 49.8 Å². The molecule has 1 aliphatic heterocycles. The summed E-state index contributed by atoms with van der Waals surface area (Å²) in [7, 11) is 1.27. The Balaban J connectivity index is 2.10. The lowest BCUT2D eigenvalue weighted by Crippen LogP contribution is -2.54. The number of hydrogen-bond donors (Lipinski definition) is 1. The zero-order chi connectivity index (χ0) is 15.4. The molecule has 0 aliphatic carbocycles. The van der Waals surface area contributed by atoms with Crippen LogP contribution in [0.25, 0.3) is 0 Å². The Labute approximate surface area is 131 Å². The first-order chi connectivity index (χ1) is 10.0. The molecule has 1 aliphatic rings. The van der Waals surface area contributed by atoms with Crippen molar-refractivity contribution in [3.63, 3.8) is 0 Å². The van der Waals surface area contributed by atoms with E-state index in [1.165, 1.54) is 18.1 Å². The van der Waals surface area contributed by atoms with Gasteiger partial charge in [0.05, 0.1) is 30.4 Å². The molecule has 2 rings (SSSR count). The number of benzene rings is 1. The van der Waals surface area contributed by atoms with Gasteiger partial charge < -0.3 is 19.7 Å². The maximum absolute atomic E-state index is 12.3. The van der Waals surface area contributed by atoms with Crippen molar-refractivity contribution in [1.82, 2.24) is 4.90 Å². The van der Waals surface area contributed by atoms with Gasteiger partial charge in [0.1, 0.15) is 0 Å². The van der Waals surface area contributed by atoms with Gasteiger partial charge in [0.15, 0.2) is 6.04 Å². The van der Waals surface area contributed by atoms with Crippen molar-refractivity contribution >= 4 is 40.9 Å². The molecule has 1 fully saturated rings. The number of amides is 2. The van der Waals surface area contributed by atoms with Crippen LogP contribution in [0.2, 0.25) is 10.0 Å². The topological polar surface area (TPSA) is 67.9 Å². The summed E-state index contributed by atoms with van der Waals surface area (Å²) in [6, 6.07) is 3.56. The maximum Gasteiger partial charge on any atom is 0.331 e. The lowest BCUT2D eigenvalue weighted by Gasteiger charge is -2.33. The van der Waals surface area contributed by atoms with Gasteiger partial charge in [-0.3, -0.25) is 0 Å². The Morgan fingerprint density at radius 2 is 2.14 bits per heavy atom. The van der Waals surface area contributed by atoms with Gasteiger partial charge in [-0.15, -0.1) is 0 Å². The highest BCUT2D eigenvalue weighted by molar-refractivity contribution is 6.42. The van der Waals surface area contributed by atoms with E-state index in [4.69, 9.17) is 27.9 Å². The summed E-state index contributed by atoms with van der Waals surface area (Å²) < 4.78 is 9.89. The summed E-state index contributed by atoms with van der Waals surface area (Å²) in [6.07, 6.45) is 0. The number of halogens is 2. The summed E-state index contributed by atoms with van der Waals surface area (Å²) >= 11 is 11.7. The lowest BCUT2D eigenvalue weighted by atomic mass is 10.2. The van der Waals surface area contributed by atoms with Crippen molar-refractivity contribution < 1.29 is 19.1 Å². The first-order valence-corrected chi connectivity index (χ1v) is 6.96. The fraction of sp³-hybridized carbons (Fsp3) is 0.385. The van der Waals surface area contributed by atoms with Gasteiger partial charge >= 0.3 is 12.0 Å². The molecule has 1 atom stereocenters. The number of carbonyl (C=O) groups is 2. The number of nitrogens with one attached hydrogen (secondary N) is 1. The zero-order valence-electron chi connectivity index (χ0n) is 11.3. The Hall–Kier alpha value is -1.50. The van der Waals surface area contributed by atoms with E-state index in [0.29, 0.717) is 28.9 Å². The molecule has 1 heterocycles. The summed E-state index contributed by atoms with van der Waals surface area (Å²) in [6.45, 7) is 0.774. The first kappa shape index (κ1) is 15.9. The first-order valence-electron chi connectivity index (χ1n) is 6.21. The van der Waals surface area contributed by atoms with Crippen LogP contribution in [0.1, 0.15) is 0 Å². The molecule has 1 N–H and O–H groups in total. The van der Waals surface area contributed by atoms with E-state index in [0.717, 1.165) is 0 Å². The largest absolute Gasteiger partial charge is 0.467 e. The predicted octanol–water partition coefficient (Wildman–Crippen LogP) is 2.40. The van der Waals surface area contributed by atoms with Crippen LogP contribution in [0.15, 0.2) is 18.2 Å². The molecule has 1 saturated heterocycles. The Morgan fingerprint density at radius 3 is 2.81 bits per heavy atom. The van der Waals surface area contributed by atoms with E-state index in [1.54, 1.807) is 12.1 Å². The molecule has 0 spiro atoms. The van der Waals surface area contributed by atoms with Crippen LogP contribution >= 0.6 is 23.2 Å².